The number of rotatable bonds is 5. The van der Waals surface area contributed by atoms with Crippen molar-refractivity contribution in [2.24, 2.45) is 11.1 Å². The van der Waals surface area contributed by atoms with Gasteiger partial charge in [-0.2, -0.15) is 4.98 Å². The van der Waals surface area contributed by atoms with E-state index in [0.29, 0.717) is 17.3 Å². The maximum absolute atomic E-state index is 8.57. The maximum atomic E-state index is 8.57. The molecule has 0 spiro atoms. The molecule has 2 atom stereocenters. The summed E-state index contributed by atoms with van der Waals surface area (Å²) in [5, 5.41) is 12.4. The predicted octanol–water partition coefficient (Wildman–Crippen LogP) is 3.32. The van der Waals surface area contributed by atoms with Gasteiger partial charge in [-0.15, -0.1) is 16.8 Å². The van der Waals surface area contributed by atoms with Gasteiger partial charge in [-0.05, 0) is 13.0 Å². The number of nitrogen functional groups attached to an aromatic ring is 1. The Labute approximate surface area is 138 Å². The van der Waals surface area contributed by atoms with Crippen molar-refractivity contribution in [1.82, 2.24) is 14.5 Å². The van der Waals surface area contributed by atoms with Crippen LogP contribution in [0.2, 0.25) is 5.15 Å². The number of alkyl halides is 1. The normalized spacial score (nSPS) is 15.5. The molecule has 22 heavy (non-hydrogen) atoms. The average Bonchev–Trinajstić information content (AvgIpc) is 2.87. The molecular formula is C14H17Cl2N5O. The van der Waals surface area contributed by atoms with Gasteiger partial charge in [0.15, 0.2) is 0 Å². The predicted molar refractivity (Wildman–Crippen MR) is 89.8 cm³/mol. The highest BCUT2D eigenvalue weighted by Crippen LogP contribution is 2.23. The van der Waals surface area contributed by atoms with Gasteiger partial charge in [0.05, 0.1) is 10.8 Å². The molecule has 118 valence electrons. The summed E-state index contributed by atoms with van der Waals surface area (Å²) in [7, 11) is 0. The molecule has 2 heterocycles. The van der Waals surface area contributed by atoms with Crippen LogP contribution >= 0.6 is 23.2 Å². The highest BCUT2D eigenvalue weighted by atomic mass is 35.5. The van der Waals surface area contributed by atoms with Gasteiger partial charge < -0.3 is 15.5 Å². The van der Waals surface area contributed by atoms with Crippen LogP contribution in [-0.4, -0.2) is 31.3 Å². The van der Waals surface area contributed by atoms with Crippen LogP contribution in [0.4, 0.5) is 5.95 Å². The largest absolute Gasteiger partial charge is 0.411 e. The zero-order chi connectivity index (χ0) is 16.3. The summed E-state index contributed by atoms with van der Waals surface area (Å²) in [6.45, 7) is 4.39. The summed E-state index contributed by atoms with van der Waals surface area (Å²) in [4.78, 5) is 8.14. The standard InChI is InChI=1S/C14H17Cl2N5O/c1-8(11(15)9(2)7-18-22)3-5-21-6-4-10-12(16)19-14(17)20-13(10)21/h3-4,6-7,9,11,22H,5H2,1-2H3,(H2,17,19,20)/b8-3+,18-7+. The summed E-state index contributed by atoms with van der Waals surface area (Å²) in [5.74, 6) is 0.0675. The van der Waals surface area contributed by atoms with Crippen molar-refractivity contribution < 1.29 is 5.21 Å². The Morgan fingerprint density at radius 3 is 2.95 bits per heavy atom. The van der Waals surface area contributed by atoms with Gasteiger partial charge in [0, 0.05) is 24.9 Å². The lowest BCUT2D eigenvalue weighted by molar-refractivity contribution is 0.318. The fourth-order valence-electron chi connectivity index (χ4n) is 2.14. The molecule has 0 bridgehead atoms. The second-order valence-corrected chi connectivity index (χ2v) is 5.88. The first-order chi connectivity index (χ1) is 10.4. The molecule has 0 aliphatic carbocycles. The van der Waals surface area contributed by atoms with Crippen molar-refractivity contribution in [3.8, 4) is 0 Å². The van der Waals surface area contributed by atoms with Crippen LogP contribution in [0.3, 0.4) is 0 Å². The molecule has 0 amide bonds. The molecule has 8 heteroatoms. The van der Waals surface area contributed by atoms with E-state index in [4.69, 9.17) is 34.1 Å². The second-order valence-electron chi connectivity index (χ2n) is 5.05. The molecule has 0 fully saturated rings. The van der Waals surface area contributed by atoms with Gasteiger partial charge in [-0.25, -0.2) is 4.98 Å². The number of halogens is 2. The molecule has 0 aliphatic heterocycles. The Hall–Kier alpha value is -1.79. The zero-order valence-corrected chi connectivity index (χ0v) is 13.8. The Morgan fingerprint density at radius 2 is 2.27 bits per heavy atom. The summed E-state index contributed by atoms with van der Waals surface area (Å²) in [6, 6.07) is 1.85. The van der Waals surface area contributed by atoms with Crippen LogP contribution in [0.15, 0.2) is 29.1 Å². The molecule has 0 radical (unpaired) electrons. The van der Waals surface area contributed by atoms with Crippen LogP contribution in [0.5, 0.6) is 0 Å². The molecule has 0 aromatic carbocycles. The van der Waals surface area contributed by atoms with Crippen LogP contribution in [0, 0.1) is 5.92 Å². The van der Waals surface area contributed by atoms with Crippen molar-refractivity contribution in [2.45, 2.75) is 25.8 Å². The molecular weight excluding hydrogens is 325 g/mol. The Morgan fingerprint density at radius 1 is 1.55 bits per heavy atom. The fourth-order valence-corrected chi connectivity index (χ4v) is 2.53. The fraction of sp³-hybridized carbons (Fsp3) is 0.357. The SMILES string of the molecule is C/C(=C\Cn1ccc2c(Cl)nc(N)nc21)C(Cl)C(C)/C=N/O. The van der Waals surface area contributed by atoms with E-state index in [2.05, 4.69) is 15.1 Å². The van der Waals surface area contributed by atoms with Gasteiger partial charge in [-0.1, -0.05) is 30.2 Å². The smallest absolute Gasteiger partial charge is 0.223 e. The molecule has 0 saturated heterocycles. The van der Waals surface area contributed by atoms with Gasteiger partial charge in [-0.3, -0.25) is 0 Å². The quantitative estimate of drug-likeness (QED) is 0.218. The third kappa shape index (κ3) is 3.51. The number of nitrogens with two attached hydrogens (primary N) is 1. The van der Waals surface area contributed by atoms with E-state index in [9.17, 15) is 0 Å². The molecule has 2 aromatic rings. The zero-order valence-electron chi connectivity index (χ0n) is 12.2. The Kier molecular flexibility index (Phi) is 5.26. The van der Waals surface area contributed by atoms with Gasteiger partial charge in [0.25, 0.3) is 0 Å². The molecule has 3 N–H and O–H groups in total. The molecule has 6 nitrogen and oxygen atoms in total. The molecule has 2 unspecified atom stereocenters. The molecule has 0 aliphatic rings. The third-order valence-corrected chi connectivity index (χ3v) is 4.43. The lowest BCUT2D eigenvalue weighted by atomic mass is 10.0. The van der Waals surface area contributed by atoms with E-state index in [0.717, 1.165) is 11.0 Å². The summed E-state index contributed by atoms with van der Waals surface area (Å²) in [6.07, 6.45) is 5.27. The van der Waals surface area contributed by atoms with E-state index < -0.39 is 0 Å². The summed E-state index contributed by atoms with van der Waals surface area (Å²) >= 11 is 12.4. The summed E-state index contributed by atoms with van der Waals surface area (Å²) in [5.41, 5.74) is 7.29. The number of aromatic nitrogens is 3. The highest BCUT2D eigenvalue weighted by Gasteiger charge is 2.15. The number of allylic oxidation sites excluding steroid dienone is 2. The van der Waals surface area contributed by atoms with Crippen LogP contribution in [-0.2, 0) is 6.54 Å². The lowest BCUT2D eigenvalue weighted by Gasteiger charge is -2.14. The van der Waals surface area contributed by atoms with E-state index in [1.165, 1.54) is 6.21 Å². The maximum Gasteiger partial charge on any atom is 0.223 e. The van der Waals surface area contributed by atoms with Crippen molar-refractivity contribution in [3.63, 3.8) is 0 Å². The number of anilines is 1. The van der Waals surface area contributed by atoms with Crippen molar-refractivity contribution in [3.05, 3.63) is 29.1 Å². The summed E-state index contributed by atoms with van der Waals surface area (Å²) < 4.78 is 1.91. The Balaban J connectivity index is 2.22. The van der Waals surface area contributed by atoms with E-state index in [1.54, 1.807) is 0 Å². The van der Waals surface area contributed by atoms with Crippen LogP contribution in [0.1, 0.15) is 13.8 Å². The first-order valence-electron chi connectivity index (χ1n) is 6.70. The Bertz CT molecular complexity index is 725. The van der Waals surface area contributed by atoms with Crippen LogP contribution < -0.4 is 5.73 Å². The minimum atomic E-state index is -0.249. The minimum absolute atomic E-state index is 0.0725. The number of fused-ring (bicyclic) bond motifs is 1. The molecule has 2 rings (SSSR count). The van der Waals surface area contributed by atoms with E-state index in [1.807, 2.05) is 36.8 Å². The van der Waals surface area contributed by atoms with E-state index >= 15 is 0 Å². The van der Waals surface area contributed by atoms with Gasteiger partial charge in [0.1, 0.15) is 10.8 Å². The second kappa shape index (κ2) is 6.98. The number of hydrogen-bond acceptors (Lipinski definition) is 5. The molecule has 2 aromatic heterocycles. The van der Waals surface area contributed by atoms with Crippen molar-refractivity contribution in [1.29, 1.82) is 0 Å². The molecule has 0 saturated carbocycles. The van der Waals surface area contributed by atoms with E-state index in [-0.39, 0.29) is 17.2 Å². The minimum Gasteiger partial charge on any atom is -0.411 e. The lowest BCUT2D eigenvalue weighted by Crippen LogP contribution is -2.14. The highest BCUT2D eigenvalue weighted by molar-refractivity contribution is 6.34. The monoisotopic (exact) mass is 341 g/mol. The van der Waals surface area contributed by atoms with Gasteiger partial charge >= 0.3 is 0 Å². The topological polar surface area (TPSA) is 89.3 Å². The van der Waals surface area contributed by atoms with Crippen molar-refractivity contribution in [2.75, 3.05) is 5.73 Å². The number of oxime groups is 1. The average molecular weight is 342 g/mol. The van der Waals surface area contributed by atoms with Crippen LogP contribution in [0.25, 0.3) is 11.0 Å². The first kappa shape index (κ1) is 16.6. The number of hydrogen-bond donors (Lipinski definition) is 2. The van der Waals surface area contributed by atoms with Gasteiger partial charge in [0.2, 0.25) is 5.95 Å². The number of nitrogens with zero attached hydrogens (tertiary/aromatic N) is 4. The van der Waals surface area contributed by atoms with Crippen molar-refractivity contribution >= 4 is 46.4 Å². The third-order valence-electron chi connectivity index (χ3n) is 3.40. The first-order valence-corrected chi connectivity index (χ1v) is 7.51.